The van der Waals surface area contributed by atoms with E-state index in [2.05, 4.69) is 15.2 Å². The number of ether oxygens (including phenoxy) is 2. The maximum atomic E-state index is 13.4. The first-order chi connectivity index (χ1) is 16.8. The lowest BCUT2D eigenvalue weighted by atomic mass is 9.93. The summed E-state index contributed by atoms with van der Waals surface area (Å²) in [4.78, 5) is 31.1. The van der Waals surface area contributed by atoms with Crippen molar-refractivity contribution < 1.29 is 14.3 Å². The van der Waals surface area contributed by atoms with Gasteiger partial charge in [0.05, 0.1) is 36.6 Å². The van der Waals surface area contributed by atoms with Crippen molar-refractivity contribution in [3.05, 3.63) is 42.1 Å². The fraction of sp³-hybridized carbons (Fsp3) is 0.440. The number of aromatic nitrogens is 4. The summed E-state index contributed by atoms with van der Waals surface area (Å²) in [6.45, 7) is 6.55. The Morgan fingerprint density at radius 3 is 2.71 bits per heavy atom. The summed E-state index contributed by atoms with van der Waals surface area (Å²) in [6, 6.07) is 5.84. The van der Waals surface area contributed by atoms with Gasteiger partial charge in [-0.15, -0.1) is 0 Å². The molecular weight excluding hydrogens is 446 g/mol. The van der Waals surface area contributed by atoms with Gasteiger partial charge in [0, 0.05) is 45.1 Å². The minimum absolute atomic E-state index is 0.0385. The highest BCUT2D eigenvalue weighted by molar-refractivity contribution is 6.08. The van der Waals surface area contributed by atoms with Gasteiger partial charge in [-0.3, -0.25) is 4.79 Å². The highest BCUT2D eigenvalue weighted by Gasteiger charge is 2.54. The van der Waals surface area contributed by atoms with E-state index < -0.39 is 5.54 Å². The van der Waals surface area contributed by atoms with E-state index in [0.29, 0.717) is 31.1 Å². The zero-order chi connectivity index (χ0) is 24.9. The van der Waals surface area contributed by atoms with Gasteiger partial charge < -0.3 is 29.2 Å². The average molecular weight is 478 g/mol. The zero-order valence-electron chi connectivity index (χ0n) is 21.0. The normalized spacial score (nSPS) is 21.2. The zero-order valence-corrected chi connectivity index (χ0v) is 21.0. The van der Waals surface area contributed by atoms with Crippen LogP contribution in [-0.4, -0.2) is 64.9 Å². The molecule has 1 saturated heterocycles. The number of benzene rings is 1. The summed E-state index contributed by atoms with van der Waals surface area (Å²) in [5, 5.41) is 3.34. The number of carbonyl (C=O) groups excluding carboxylic acids is 1. The number of hydrogen-bond acceptors (Lipinski definition) is 8. The minimum atomic E-state index is -0.702. The number of likely N-dealkylation sites (N-methyl/N-ethyl adjacent to an activating group) is 1. The topological polar surface area (TPSA) is 97.6 Å². The molecule has 2 atom stereocenters. The molecule has 35 heavy (non-hydrogen) atoms. The van der Waals surface area contributed by atoms with E-state index in [-0.39, 0.29) is 12.0 Å². The molecule has 1 aromatic carbocycles. The second-order valence-electron chi connectivity index (χ2n) is 9.26. The summed E-state index contributed by atoms with van der Waals surface area (Å²) in [6.07, 6.45) is 4.95. The first-order valence-electron chi connectivity index (χ1n) is 11.7. The van der Waals surface area contributed by atoms with E-state index in [1.165, 1.54) is 0 Å². The van der Waals surface area contributed by atoms with Crippen molar-refractivity contribution in [3.8, 4) is 11.4 Å². The predicted molar refractivity (Wildman–Crippen MR) is 134 cm³/mol. The first kappa shape index (κ1) is 23.1. The van der Waals surface area contributed by atoms with E-state index in [1.54, 1.807) is 32.5 Å². The van der Waals surface area contributed by atoms with Crippen LogP contribution in [0.4, 0.5) is 23.1 Å². The monoisotopic (exact) mass is 477 g/mol. The summed E-state index contributed by atoms with van der Waals surface area (Å²) in [5.74, 6) is 1.96. The molecule has 0 bridgehead atoms. The Bertz CT molecular complexity index is 1290. The van der Waals surface area contributed by atoms with Crippen molar-refractivity contribution in [1.29, 1.82) is 0 Å². The van der Waals surface area contributed by atoms with Crippen molar-refractivity contribution in [2.75, 3.05) is 42.9 Å². The van der Waals surface area contributed by atoms with Crippen molar-refractivity contribution in [1.82, 2.24) is 19.5 Å². The predicted octanol–water partition coefficient (Wildman–Crippen LogP) is 3.25. The third-order valence-electron chi connectivity index (χ3n) is 7.00. The van der Waals surface area contributed by atoms with Crippen molar-refractivity contribution >= 4 is 29.0 Å². The number of carbonyl (C=O) groups is 1. The van der Waals surface area contributed by atoms with Gasteiger partial charge in [0.25, 0.3) is 5.91 Å². The van der Waals surface area contributed by atoms with Gasteiger partial charge in [-0.05, 0) is 32.4 Å². The van der Waals surface area contributed by atoms with Gasteiger partial charge in [0.15, 0.2) is 5.82 Å². The molecule has 3 aromatic rings. The second kappa shape index (κ2) is 8.53. The molecule has 0 spiro atoms. The molecule has 2 aliphatic rings. The van der Waals surface area contributed by atoms with Crippen LogP contribution in [0.5, 0.6) is 5.75 Å². The Morgan fingerprint density at radius 1 is 1.26 bits per heavy atom. The van der Waals surface area contributed by atoms with E-state index in [0.717, 1.165) is 34.3 Å². The fourth-order valence-corrected chi connectivity index (χ4v) is 5.14. The van der Waals surface area contributed by atoms with Crippen LogP contribution < -0.4 is 19.9 Å². The van der Waals surface area contributed by atoms with Crippen molar-refractivity contribution in [3.63, 3.8) is 0 Å². The maximum Gasteiger partial charge on any atom is 0.252 e. The van der Waals surface area contributed by atoms with Crippen molar-refractivity contribution in [2.24, 2.45) is 0 Å². The van der Waals surface area contributed by atoms with Crippen LogP contribution in [0.3, 0.4) is 0 Å². The minimum Gasteiger partial charge on any atom is -0.494 e. The van der Waals surface area contributed by atoms with Gasteiger partial charge in [0.1, 0.15) is 17.0 Å². The number of fused-ring (bicyclic) bond motifs is 3. The van der Waals surface area contributed by atoms with Gasteiger partial charge in [-0.2, -0.15) is 4.98 Å². The maximum absolute atomic E-state index is 13.4. The van der Waals surface area contributed by atoms with Gasteiger partial charge in [-0.25, -0.2) is 9.97 Å². The fourth-order valence-electron chi connectivity index (χ4n) is 5.14. The quantitative estimate of drug-likeness (QED) is 0.578. The van der Waals surface area contributed by atoms with Crippen LogP contribution in [-0.2, 0) is 16.0 Å². The van der Waals surface area contributed by atoms with Gasteiger partial charge in [0.2, 0.25) is 5.95 Å². The van der Waals surface area contributed by atoms with Crippen LogP contribution in [0.1, 0.15) is 31.7 Å². The highest BCUT2D eigenvalue weighted by Crippen LogP contribution is 2.46. The number of nitrogens with one attached hydrogen (secondary N) is 1. The van der Waals surface area contributed by atoms with Crippen LogP contribution in [0, 0.1) is 6.92 Å². The molecule has 1 fully saturated rings. The number of anilines is 4. The molecule has 184 valence electrons. The van der Waals surface area contributed by atoms with Gasteiger partial charge >= 0.3 is 0 Å². The number of amides is 1. The third kappa shape index (κ3) is 3.68. The van der Waals surface area contributed by atoms with Crippen molar-refractivity contribution in [2.45, 2.75) is 45.3 Å². The lowest BCUT2D eigenvalue weighted by Gasteiger charge is -2.44. The Morgan fingerprint density at radius 2 is 2.06 bits per heavy atom. The summed E-state index contributed by atoms with van der Waals surface area (Å²) in [5.41, 5.74) is 3.49. The molecule has 0 unspecified atom stereocenters. The SMILES string of the molecule is CCc1nc(Nc2ccc(-n3cnc(C)c3)c(OC)c2)nc2c1N(C)C(=O)[C@]1(C)C[C@@H](OC)CN21. The smallest absolute Gasteiger partial charge is 0.252 e. The molecule has 5 rings (SSSR count). The molecule has 2 aromatic heterocycles. The molecule has 0 radical (unpaired) electrons. The average Bonchev–Trinajstić information content (AvgIpc) is 3.45. The standard InChI is InChI=1S/C25H31N7O3/c1-7-18-21-22(32-13-17(34-5)11-25(32,3)23(33)30(21)4)29-24(28-18)27-16-8-9-19(20(10-16)35-6)31-12-15(2)26-14-31/h8-10,12,14,17H,7,11,13H2,1-6H3,(H,27,28,29)/t17-,25+/m1/s1. The van der Waals surface area contributed by atoms with Crippen LogP contribution in [0.2, 0.25) is 0 Å². The molecule has 0 saturated carbocycles. The Hall–Kier alpha value is -3.66. The number of imidazole rings is 1. The third-order valence-corrected chi connectivity index (χ3v) is 7.00. The number of rotatable bonds is 6. The lowest BCUT2D eigenvalue weighted by Crippen LogP contribution is -2.58. The summed E-state index contributed by atoms with van der Waals surface area (Å²) >= 11 is 0. The van der Waals surface area contributed by atoms with E-state index >= 15 is 0 Å². The molecule has 1 N–H and O–H groups in total. The summed E-state index contributed by atoms with van der Waals surface area (Å²) in [7, 11) is 5.14. The molecule has 10 nitrogen and oxygen atoms in total. The Labute approximate surface area is 204 Å². The number of hydrogen-bond donors (Lipinski definition) is 1. The lowest BCUT2D eigenvalue weighted by molar-refractivity contribution is -0.123. The second-order valence-corrected chi connectivity index (χ2v) is 9.26. The molecule has 10 heteroatoms. The van der Waals surface area contributed by atoms with Crippen LogP contribution >= 0.6 is 0 Å². The molecule has 1 amide bonds. The number of aryl methyl sites for hydroxylation is 2. The Kier molecular flexibility index (Phi) is 5.63. The number of nitrogens with zero attached hydrogens (tertiary/aromatic N) is 6. The van der Waals surface area contributed by atoms with E-state index in [1.807, 2.05) is 49.7 Å². The molecular formula is C25H31N7O3. The van der Waals surface area contributed by atoms with Crippen LogP contribution in [0.25, 0.3) is 5.69 Å². The van der Waals surface area contributed by atoms with E-state index in [9.17, 15) is 4.79 Å². The number of methoxy groups -OCH3 is 2. The first-order valence-corrected chi connectivity index (χ1v) is 11.7. The van der Waals surface area contributed by atoms with Gasteiger partial charge in [-0.1, -0.05) is 6.92 Å². The Balaban J connectivity index is 1.54. The van der Waals surface area contributed by atoms with Crippen LogP contribution in [0.15, 0.2) is 30.7 Å². The van der Waals surface area contributed by atoms with E-state index in [4.69, 9.17) is 19.4 Å². The molecule has 2 aliphatic heterocycles. The highest BCUT2D eigenvalue weighted by atomic mass is 16.5. The summed E-state index contributed by atoms with van der Waals surface area (Å²) < 4.78 is 13.2. The largest absolute Gasteiger partial charge is 0.494 e. The molecule has 4 heterocycles. The molecule has 0 aliphatic carbocycles.